The molecule has 6 heteroatoms. The predicted octanol–water partition coefficient (Wildman–Crippen LogP) is 2.53. The monoisotopic (exact) mass is 327 g/mol. The van der Waals surface area contributed by atoms with Crippen LogP contribution in [0.4, 0.5) is 13.2 Å². The zero-order valence-corrected chi connectivity index (χ0v) is 13.5. The molecule has 2 saturated heterocycles. The maximum atomic E-state index is 12.8. The smallest absolute Gasteiger partial charge is 0.304 e. The lowest BCUT2D eigenvalue weighted by Gasteiger charge is -2.36. The molecule has 0 bridgehead atoms. The van der Waals surface area contributed by atoms with Crippen LogP contribution in [0.1, 0.15) is 17.5 Å². The molecule has 1 aromatic carbocycles. The van der Waals surface area contributed by atoms with Crippen molar-refractivity contribution >= 4 is 0 Å². The van der Waals surface area contributed by atoms with Crippen LogP contribution >= 0.6 is 0 Å². The van der Waals surface area contributed by atoms with Crippen molar-refractivity contribution in [1.29, 1.82) is 0 Å². The summed E-state index contributed by atoms with van der Waals surface area (Å²) in [6.07, 6.45) is -3.15. The van der Waals surface area contributed by atoms with Gasteiger partial charge in [0, 0.05) is 51.9 Å². The van der Waals surface area contributed by atoms with Gasteiger partial charge in [-0.2, -0.15) is 13.2 Å². The standard InChI is InChI=1S/C17H24F3N3/c1-21-7-9-23(10-8-21)16-5-6-22(13-16)12-14-3-2-4-15(11-14)17(18,19)20/h2-4,11,16H,5-10,12-13H2,1H3/t16-/m0/s1. The van der Waals surface area contributed by atoms with E-state index in [1.165, 1.54) is 12.1 Å². The van der Waals surface area contributed by atoms with Crippen LogP contribution in [-0.2, 0) is 12.7 Å². The summed E-state index contributed by atoms with van der Waals surface area (Å²) in [5, 5.41) is 0. The quantitative estimate of drug-likeness (QED) is 0.845. The van der Waals surface area contributed by atoms with Crippen molar-refractivity contribution in [3.8, 4) is 0 Å². The number of rotatable bonds is 3. The Morgan fingerprint density at radius 3 is 2.52 bits per heavy atom. The summed E-state index contributed by atoms with van der Waals surface area (Å²) in [6, 6.07) is 6.27. The molecule has 1 aromatic rings. The highest BCUT2D eigenvalue weighted by atomic mass is 19.4. The Bertz CT molecular complexity index is 524. The van der Waals surface area contributed by atoms with Gasteiger partial charge in [-0.1, -0.05) is 18.2 Å². The first-order chi connectivity index (χ1) is 10.9. The van der Waals surface area contributed by atoms with Crippen LogP contribution in [0.3, 0.4) is 0 Å². The van der Waals surface area contributed by atoms with E-state index >= 15 is 0 Å². The van der Waals surface area contributed by atoms with Crippen LogP contribution in [0, 0.1) is 0 Å². The first kappa shape index (κ1) is 16.7. The van der Waals surface area contributed by atoms with Crippen molar-refractivity contribution in [2.24, 2.45) is 0 Å². The largest absolute Gasteiger partial charge is 0.416 e. The Hall–Kier alpha value is -1.11. The van der Waals surface area contributed by atoms with Gasteiger partial charge in [-0.3, -0.25) is 9.80 Å². The van der Waals surface area contributed by atoms with E-state index in [1.54, 1.807) is 6.07 Å². The molecule has 0 aromatic heterocycles. The van der Waals surface area contributed by atoms with E-state index < -0.39 is 11.7 Å². The molecular formula is C17H24F3N3. The molecular weight excluding hydrogens is 303 g/mol. The van der Waals surface area contributed by atoms with Gasteiger partial charge in [0.1, 0.15) is 0 Å². The van der Waals surface area contributed by atoms with Crippen molar-refractivity contribution in [3.63, 3.8) is 0 Å². The second-order valence-electron chi connectivity index (χ2n) is 6.71. The van der Waals surface area contributed by atoms with Gasteiger partial charge in [-0.25, -0.2) is 0 Å². The highest BCUT2D eigenvalue weighted by Gasteiger charge is 2.32. The van der Waals surface area contributed by atoms with Gasteiger partial charge in [0.05, 0.1) is 5.56 Å². The summed E-state index contributed by atoms with van der Waals surface area (Å²) >= 11 is 0. The topological polar surface area (TPSA) is 9.72 Å². The second-order valence-corrected chi connectivity index (χ2v) is 6.71. The third-order valence-electron chi connectivity index (χ3n) is 4.96. The van der Waals surface area contributed by atoms with E-state index in [0.717, 1.165) is 57.3 Å². The summed E-state index contributed by atoms with van der Waals surface area (Å²) in [4.78, 5) is 7.15. The number of likely N-dealkylation sites (N-methyl/N-ethyl adjacent to an activating group) is 1. The number of benzene rings is 1. The first-order valence-corrected chi connectivity index (χ1v) is 8.23. The predicted molar refractivity (Wildman–Crippen MR) is 84.2 cm³/mol. The molecule has 2 fully saturated rings. The van der Waals surface area contributed by atoms with Gasteiger partial charge >= 0.3 is 6.18 Å². The molecule has 23 heavy (non-hydrogen) atoms. The minimum atomic E-state index is -4.26. The molecule has 2 aliphatic rings. The van der Waals surface area contributed by atoms with Crippen molar-refractivity contribution in [2.75, 3.05) is 46.3 Å². The number of hydrogen-bond donors (Lipinski definition) is 0. The summed E-state index contributed by atoms with van der Waals surface area (Å²) in [5.41, 5.74) is 0.198. The zero-order chi connectivity index (χ0) is 16.4. The molecule has 0 saturated carbocycles. The number of likely N-dealkylation sites (tertiary alicyclic amines) is 1. The van der Waals surface area contributed by atoms with Crippen LogP contribution in [0.2, 0.25) is 0 Å². The Kier molecular flexibility index (Phi) is 4.94. The van der Waals surface area contributed by atoms with Crippen molar-refractivity contribution < 1.29 is 13.2 Å². The van der Waals surface area contributed by atoms with Crippen LogP contribution in [0.5, 0.6) is 0 Å². The third-order valence-corrected chi connectivity index (χ3v) is 4.96. The zero-order valence-electron chi connectivity index (χ0n) is 13.5. The molecule has 0 N–H and O–H groups in total. The minimum absolute atomic E-state index is 0.550. The molecule has 0 amide bonds. The maximum absolute atomic E-state index is 12.8. The summed E-state index contributed by atoms with van der Waals surface area (Å²) in [6.45, 7) is 6.92. The average Bonchev–Trinajstić information content (AvgIpc) is 2.96. The van der Waals surface area contributed by atoms with Crippen molar-refractivity contribution in [3.05, 3.63) is 35.4 Å². The van der Waals surface area contributed by atoms with Gasteiger partial charge in [0.25, 0.3) is 0 Å². The lowest BCUT2D eigenvalue weighted by molar-refractivity contribution is -0.137. The molecule has 2 heterocycles. The number of nitrogens with zero attached hydrogens (tertiary/aromatic N) is 3. The molecule has 2 aliphatic heterocycles. The molecule has 3 nitrogen and oxygen atoms in total. The lowest BCUT2D eigenvalue weighted by Crippen LogP contribution is -2.49. The van der Waals surface area contributed by atoms with Crippen molar-refractivity contribution in [2.45, 2.75) is 25.2 Å². The maximum Gasteiger partial charge on any atom is 0.416 e. The third kappa shape index (κ3) is 4.25. The summed E-state index contributed by atoms with van der Waals surface area (Å²) in [7, 11) is 2.14. The normalized spacial score (nSPS) is 25.1. The highest BCUT2D eigenvalue weighted by molar-refractivity contribution is 5.25. The Morgan fingerprint density at radius 1 is 1.09 bits per heavy atom. The molecule has 128 valence electrons. The molecule has 0 aliphatic carbocycles. The van der Waals surface area contributed by atoms with E-state index in [4.69, 9.17) is 0 Å². The molecule has 3 rings (SSSR count). The van der Waals surface area contributed by atoms with Gasteiger partial charge in [0.15, 0.2) is 0 Å². The summed E-state index contributed by atoms with van der Waals surface area (Å²) < 4.78 is 38.4. The Morgan fingerprint density at radius 2 is 1.83 bits per heavy atom. The van der Waals surface area contributed by atoms with Crippen LogP contribution in [0.15, 0.2) is 24.3 Å². The molecule has 0 spiro atoms. The van der Waals surface area contributed by atoms with Crippen LogP contribution in [-0.4, -0.2) is 67.1 Å². The highest BCUT2D eigenvalue weighted by Crippen LogP contribution is 2.30. The van der Waals surface area contributed by atoms with E-state index in [9.17, 15) is 13.2 Å². The fraction of sp³-hybridized carbons (Fsp3) is 0.647. The molecule has 1 atom stereocenters. The number of piperazine rings is 1. The average molecular weight is 327 g/mol. The van der Waals surface area contributed by atoms with Gasteiger partial charge < -0.3 is 4.90 Å². The lowest BCUT2D eigenvalue weighted by atomic mass is 10.1. The second kappa shape index (κ2) is 6.79. The number of halogens is 3. The SMILES string of the molecule is CN1CCN([C@H]2CCN(Cc3cccc(C(F)(F)F)c3)C2)CC1. The van der Waals surface area contributed by atoms with Crippen LogP contribution < -0.4 is 0 Å². The summed E-state index contributed by atoms with van der Waals surface area (Å²) in [5.74, 6) is 0. The van der Waals surface area contributed by atoms with E-state index in [1.807, 2.05) is 0 Å². The van der Waals surface area contributed by atoms with Gasteiger partial charge in [0.2, 0.25) is 0 Å². The number of alkyl halides is 3. The van der Waals surface area contributed by atoms with Gasteiger partial charge in [-0.05, 0) is 25.1 Å². The Balaban J connectivity index is 1.56. The van der Waals surface area contributed by atoms with Gasteiger partial charge in [-0.15, -0.1) is 0 Å². The fourth-order valence-corrected chi connectivity index (χ4v) is 3.55. The van der Waals surface area contributed by atoms with E-state index in [-0.39, 0.29) is 0 Å². The van der Waals surface area contributed by atoms with E-state index in [0.29, 0.717) is 12.6 Å². The van der Waals surface area contributed by atoms with Crippen molar-refractivity contribution in [1.82, 2.24) is 14.7 Å². The van der Waals surface area contributed by atoms with E-state index in [2.05, 4.69) is 21.7 Å². The Labute approximate surface area is 135 Å². The minimum Gasteiger partial charge on any atom is -0.304 e. The molecule has 0 radical (unpaired) electrons. The fourth-order valence-electron chi connectivity index (χ4n) is 3.55. The van der Waals surface area contributed by atoms with Crippen LogP contribution in [0.25, 0.3) is 0 Å². The number of hydrogen-bond acceptors (Lipinski definition) is 3. The molecule has 0 unspecified atom stereocenters. The first-order valence-electron chi connectivity index (χ1n) is 8.23.